The maximum atomic E-state index is 11.8. The Balaban J connectivity index is 2.77. The molecule has 3 nitrogen and oxygen atoms in total. The Morgan fingerprint density at radius 2 is 2.00 bits per heavy atom. The van der Waals surface area contributed by atoms with Crippen molar-refractivity contribution in [3.63, 3.8) is 0 Å². The number of carboxylic acid groups (broad SMARTS) is 1. The Morgan fingerprint density at radius 1 is 1.30 bits per heavy atom. The summed E-state index contributed by atoms with van der Waals surface area (Å²) in [6.07, 6.45) is 7.21. The molecule has 1 aliphatic rings. The monoisotopic (exact) mass is 283 g/mol. The highest BCUT2D eigenvalue weighted by Crippen LogP contribution is 2.37. The predicted molar refractivity (Wildman–Crippen MR) is 83.9 cm³/mol. The Kier molecular flexibility index (Phi) is 7.01. The van der Waals surface area contributed by atoms with Crippen molar-refractivity contribution in [1.82, 2.24) is 4.90 Å². The van der Waals surface area contributed by atoms with Gasteiger partial charge in [0.15, 0.2) is 0 Å². The molecule has 0 aromatic heterocycles. The van der Waals surface area contributed by atoms with Crippen LogP contribution in [0.15, 0.2) is 0 Å². The van der Waals surface area contributed by atoms with Crippen LogP contribution < -0.4 is 0 Å². The summed E-state index contributed by atoms with van der Waals surface area (Å²) in [6, 6.07) is 0.556. The normalized spacial score (nSPS) is 27.2. The maximum Gasteiger partial charge on any atom is 0.310 e. The predicted octanol–water partition coefficient (Wildman–Crippen LogP) is 4.17. The standard InChI is InChI=1S/C17H33NO2/c1-5-9-17(16(19)20)10-8-11-18(13-17)15(7-3)12-14(4)6-2/h14-15H,5-13H2,1-4H3,(H,19,20). The molecule has 1 saturated heterocycles. The molecule has 0 bridgehead atoms. The third-order valence-corrected chi connectivity index (χ3v) is 5.15. The molecule has 0 radical (unpaired) electrons. The summed E-state index contributed by atoms with van der Waals surface area (Å²) in [7, 11) is 0. The molecule has 0 aromatic rings. The van der Waals surface area contributed by atoms with E-state index >= 15 is 0 Å². The fraction of sp³-hybridized carbons (Fsp3) is 0.941. The van der Waals surface area contributed by atoms with Crippen molar-refractivity contribution in [2.24, 2.45) is 11.3 Å². The topological polar surface area (TPSA) is 40.5 Å². The third kappa shape index (κ3) is 4.21. The number of rotatable bonds is 8. The number of hydrogen-bond acceptors (Lipinski definition) is 2. The van der Waals surface area contributed by atoms with Gasteiger partial charge in [-0.15, -0.1) is 0 Å². The van der Waals surface area contributed by atoms with E-state index in [2.05, 4.69) is 32.6 Å². The van der Waals surface area contributed by atoms with Crippen molar-refractivity contribution in [3.8, 4) is 0 Å². The van der Waals surface area contributed by atoms with Crippen molar-refractivity contribution in [3.05, 3.63) is 0 Å². The molecule has 0 amide bonds. The number of piperidine rings is 1. The second-order valence-electron chi connectivity index (χ2n) is 6.72. The van der Waals surface area contributed by atoms with Gasteiger partial charge >= 0.3 is 5.97 Å². The number of carbonyl (C=O) groups is 1. The molecular weight excluding hydrogens is 250 g/mol. The summed E-state index contributed by atoms with van der Waals surface area (Å²) < 4.78 is 0. The van der Waals surface area contributed by atoms with Gasteiger partial charge in [0.05, 0.1) is 5.41 Å². The van der Waals surface area contributed by atoms with Crippen LogP contribution in [0, 0.1) is 11.3 Å². The van der Waals surface area contributed by atoms with E-state index in [0.29, 0.717) is 6.04 Å². The fourth-order valence-electron chi connectivity index (χ4n) is 3.65. The van der Waals surface area contributed by atoms with Crippen LogP contribution in [0.3, 0.4) is 0 Å². The molecule has 0 aromatic carbocycles. The molecule has 0 spiro atoms. The second kappa shape index (κ2) is 8.02. The highest BCUT2D eigenvalue weighted by molar-refractivity contribution is 5.75. The molecule has 1 N–H and O–H groups in total. The first-order chi connectivity index (χ1) is 9.49. The van der Waals surface area contributed by atoms with Crippen LogP contribution in [-0.4, -0.2) is 35.1 Å². The Hall–Kier alpha value is -0.570. The van der Waals surface area contributed by atoms with Gasteiger partial charge < -0.3 is 5.11 Å². The lowest BCUT2D eigenvalue weighted by Gasteiger charge is -2.44. The van der Waals surface area contributed by atoms with Crippen molar-refractivity contribution in [1.29, 1.82) is 0 Å². The lowest BCUT2D eigenvalue weighted by Crippen LogP contribution is -2.51. The minimum atomic E-state index is -0.581. The van der Waals surface area contributed by atoms with E-state index in [4.69, 9.17) is 0 Å². The highest BCUT2D eigenvalue weighted by Gasteiger charge is 2.42. The molecule has 1 rings (SSSR count). The molecule has 1 heterocycles. The van der Waals surface area contributed by atoms with Crippen LogP contribution in [0.2, 0.25) is 0 Å². The molecule has 0 saturated carbocycles. The van der Waals surface area contributed by atoms with E-state index in [1.165, 1.54) is 12.8 Å². The lowest BCUT2D eigenvalue weighted by atomic mass is 9.75. The second-order valence-corrected chi connectivity index (χ2v) is 6.72. The Labute approximate surface area is 124 Å². The van der Waals surface area contributed by atoms with E-state index in [0.717, 1.165) is 51.1 Å². The number of carboxylic acids is 1. The van der Waals surface area contributed by atoms with Crippen LogP contribution in [-0.2, 0) is 4.79 Å². The molecule has 118 valence electrons. The van der Waals surface area contributed by atoms with Gasteiger partial charge in [-0.1, -0.05) is 40.5 Å². The SMILES string of the molecule is CCCC1(C(=O)O)CCCN(C(CC)CC(C)CC)C1. The number of aliphatic carboxylic acids is 1. The fourth-order valence-corrected chi connectivity index (χ4v) is 3.65. The van der Waals surface area contributed by atoms with Gasteiger partial charge in [-0.2, -0.15) is 0 Å². The first-order valence-corrected chi connectivity index (χ1v) is 8.46. The quantitative estimate of drug-likeness (QED) is 0.727. The van der Waals surface area contributed by atoms with Crippen LogP contribution in [0.4, 0.5) is 0 Å². The first-order valence-electron chi connectivity index (χ1n) is 8.46. The van der Waals surface area contributed by atoms with Gasteiger partial charge in [-0.3, -0.25) is 9.69 Å². The molecule has 3 heteroatoms. The summed E-state index contributed by atoms with van der Waals surface area (Å²) in [6.45, 7) is 10.7. The minimum absolute atomic E-state index is 0.490. The molecular formula is C17H33NO2. The van der Waals surface area contributed by atoms with E-state index in [-0.39, 0.29) is 0 Å². The number of hydrogen-bond donors (Lipinski definition) is 1. The average molecular weight is 283 g/mol. The summed E-state index contributed by atoms with van der Waals surface area (Å²) in [5.41, 5.74) is -0.490. The van der Waals surface area contributed by atoms with E-state index in [9.17, 15) is 9.90 Å². The van der Waals surface area contributed by atoms with Gasteiger partial charge in [-0.25, -0.2) is 0 Å². The van der Waals surface area contributed by atoms with Gasteiger partial charge in [-0.05, 0) is 44.6 Å². The molecule has 1 fully saturated rings. The molecule has 0 aliphatic carbocycles. The third-order valence-electron chi connectivity index (χ3n) is 5.15. The summed E-state index contributed by atoms with van der Waals surface area (Å²) in [4.78, 5) is 14.2. The van der Waals surface area contributed by atoms with Crippen molar-refractivity contribution >= 4 is 5.97 Å². The van der Waals surface area contributed by atoms with Gasteiger partial charge in [0, 0.05) is 12.6 Å². The molecule has 1 aliphatic heterocycles. The van der Waals surface area contributed by atoms with Crippen molar-refractivity contribution in [2.45, 2.75) is 78.7 Å². The molecule has 20 heavy (non-hydrogen) atoms. The maximum absolute atomic E-state index is 11.8. The van der Waals surface area contributed by atoms with Crippen molar-refractivity contribution < 1.29 is 9.90 Å². The van der Waals surface area contributed by atoms with Crippen LogP contribution in [0.1, 0.15) is 72.6 Å². The van der Waals surface area contributed by atoms with Crippen LogP contribution >= 0.6 is 0 Å². The zero-order valence-electron chi connectivity index (χ0n) is 13.8. The van der Waals surface area contributed by atoms with Crippen molar-refractivity contribution in [2.75, 3.05) is 13.1 Å². The smallest absolute Gasteiger partial charge is 0.310 e. The van der Waals surface area contributed by atoms with E-state index < -0.39 is 11.4 Å². The lowest BCUT2D eigenvalue weighted by molar-refractivity contribution is -0.154. The van der Waals surface area contributed by atoms with E-state index in [1.54, 1.807) is 0 Å². The number of likely N-dealkylation sites (tertiary alicyclic amines) is 1. The molecule has 3 atom stereocenters. The zero-order valence-corrected chi connectivity index (χ0v) is 13.8. The van der Waals surface area contributed by atoms with Gasteiger partial charge in [0.1, 0.15) is 0 Å². The highest BCUT2D eigenvalue weighted by atomic mass is 16.4. The Bertz CT molecular complexity index is 301. The average Bonchev–Trinajstić information content (AvgIpc) is 2.44. The summed E-state index contributed by atoms with van der Waals surface area (Å²) in [5, 5.41) is 9.69. The summed E-state index contributed by atoms with van der Waals surface area (Å²) >= 11 is 0. The number of nitrogens with zero attached hydrogens (tertiary/aromatic N) is 1. The van der Waals surface area contributed by atoms with Crippen LogP contribution in [0.5, 0.6) is 0 Å². The largest absolute Gasteiger partial charge is 0.481 e. The zero-order chi connectivity index (χ0) is 15.2. The van der Waals surface area contributed by atoms with E-state index in [1.807, 2.05) is 0 Å². The molecule has 3 unspecified atom stereocenters. The van der Waals surface area contributed by atoms with Crippen LogP contribution in [0.25, 0.3) is 0 Å². The minimum Gasteiger partial charge on any atom is -0.481 e. The van der Waals surface area contributed by atoms with Gasteiger partial charge in [0.2, 0.25) is 0 Å². The Morgan fingerprint density at radius 3 is 2.50 bits per heavy atom. The van der Waals surface area contributed by atoms with Gasteiger partial charge in [0.25, 0.3) is 0 Å². The summed E-state index contributed by atoms with van der Waals surface area (Å²) in [5.74, 6) is 0.148. The first kappa shape index (κ1) is 17.5.